The Morgan fingerprint density at radius 2 is 1.59 bits per heavy atom. The van der Waals surface area contributed by atoms with Gasteiger partial charge in [0, 0.05) is 6.04 Å². The lowest BCUT2D eigenvalue weighted by Crippen LogP contribution is -2.04. The predicted octanol–water partition coefficient (Wildman–Crippen LogP) is 0.496. The number of benzene rings is 1. The van der Waals surface area contributed by atoms with Crippen molar-refractivity contribution in [2.75, 3.05) is 21.1 Å². The highest BCUT2D eigenvalue weighted by Crippen LogP contribution is 2.30. The molecule has 1 aliphatic rings. The summed E-state index contributed by atoms with van der Waals surface area (Å²) in [7, 11) is 4.50. The standard InChI is InChI=1S/C9H10FN.3CH5N/c10-8-3-1-2-7-6(8)4-5-9(7)11;3*1-2/h1-3,9H,4-5,11H2;3*2H2,1H3. The highest BCUT2D eigenvalue weighted by Gasteiger charge is 2.20. The van der Waals surface area contributed by atoms with Gasteiger partial charge >= 0.3 is 0 Å². The Morgan fingerprint density at radius 1 is 1.06 bits per heavy atom. The maximum absolute atomic E-state index is 13.0. The van der Waals surface area contributed by atoms with Gasteiger partial charge in [0.05, 0.1) is 0 Å². The number of hydrogen-bond acceptors (Lipinski definition) is 4. The Morgan fingerprint density at radius 3 is 2.06 bits per heavy atom. The van der Waals surface area contributed by atoms with Crippen LogP contribution in [0.2, 0.25) is 0 Å². The maximum Gasteiger partial charge on any atom is 0.126 e. The summed E-state index contributed by atoms with van der Waals surface area (Å²) in [5, 5.41) is 0. The number of fused-ring (bicyclic) bond motifs is 1. The van der Waals surface area contributed by atoms with Crippen molar-refractivity contribution in [1.82, 2.24) is 0 Å². The third-order valence-electron chi connectivity index (χ3n) is 2.26. The summed E-state index contributed by atoms with van der Waals surface area (Å²) < 4.78 is 13.0. The molecule has 0 aromatic heterocycles. The van der Waals surface area contributed by atoms with Gasteiger partial charge in [-0.15, -0.1) is 0 Å². The van der Waals surface area contributed by atoms with Crippen LogP contribution in [0.4, 0.5) is 4.39 Å². The van der Waals surface area contributed by atoms with Crippen molar-refractivity contribution in [3.63, 3.8) is 0 Å². The minimum Gasteiger partial charge on any atom is -0.333 e. The third-order valence-corrected chi connectivity index (χ3v) is 2.26. The van der Waals surface area contributed by atoms with Gasteiger partial charge in [0.25, 0.3) is 0 Å². The first kappa shape index (κ1) is 18.4. The molecule has 5 heteroatoms. The molecule has 8 N–H and O–H groups in total. The van der Waals surface area contributed by atoms with Gasteiger partial charge in [-0.2, -0.15) is 0 Å². The summed E-state index contributed by atoms with van der Waals surface area (Å²) in [4.78, 5) is 0. The summed E-state index contributed by atoms with van der Waals surface area (Å²) in [6.07, 6.45) is 1.68. The molecule has 1 aromatic carbocycles. The van der Waals surface area contributed by atoms with Gasteiger partial charge in [-0.05, 0) is 51.2 Å². The molecule has 0 radical (unpaired) electrons. The minimum absolute atomic E-state index is 0.0562. The van der Waals surface area contributed by atoms with Crippen molar-refractivity contribution in [2.24, 2.45) is 22.9 Å². The van der Waals surface area contributed by atoms with Crippen molar-refractivity contribution < 1.29 is 4.39 Å². The summed E-state index contributed by atoms with van der Waals surface area (Å²) >= 11 is 0. The highest BCUT2D eigenvalue weighted by molar-refractivity contribution is 5.35. The molecule has 0 bridgehead atoms. The van der Waals surface area contributed by atoms with E-state index in [1.165, 1.54) is 27.2 Å². The van der Waals surface area contributed by atoms with Crippen LogP contribution in [0.5, 0.6) is 0 Å². The van der Waals surface area contributed by atoms with E-state index in [1.54, 1.807) is 6.07 Å². The fourth-order valence-electron chi connectivity index (χ4n) is 1.64. The number of rotatable bonds is 0. The first-order valence-corrected chi connectivity index (χ1v) is 5.55. The minimum atomic E-state index is -0.101. The molecule has 0 saturated carbocycles. The van der Waals surface area contributed by atoms with Gasteiger partial charge in [0.2, 0.25) is 0 Å². The smallest absolute Gasteiger partial charge is 0.126 e. The lowest BCUT2D eigenvalue weighted by molar-refractivity contribution is 0.612. The molecule has 0 amide bonds. The molecular formula is C12H25FN4. The van der Waals surface area contributed by atoms with Crippen LogP contribution in [0, 0.1) is 5.82 Å². The summed E-state index contributed by atoms with van der Waals surface area (Å²) in [6.45, 7) is 0. The van der Waals surface area contributed by atoms with Crippen LogP contribution in [0.3, 0.4) is 0 Å². The van der Waals surface area contributed by atoms with Crippen molar-refractivity contribution >= 4 is 0 Å². The van der Waals surface area contributed by atoms with Crippen LogP contribution in [-0.2, 0) is 6.42 Å². The maximum atomic E-state index is 13.0. The van der Waals surface area contributed by atoms with E-state index >= 15 is 0 Å². The molecule has 0 aliphatic heterocycles. The SMILES string of the molecule is CN.CN.CN.NC1CCc2c(F)cccc21. The van der Waals surface area contributed by atoms with E-state index in [-0.39, 0.29) is 11.9 Å². The topological polar surface area (TPSA) is 104 Å². The first-order chi connectivity index (χ1) is 8.29. The number of hydrogen-bond donors (Lipinski definition) is 4. The van der Waals surface area contributed by atoms with Gasteiger partial charge in [0.1, 0.15) is 5.82 Å². The summed E-state index contributed by atoms with van der Waals surface area (Å²) in [6, 6.07) is 5.19. The fourth-order valence-corrected chi connectivity index (χ4v) is 1.64. The Hall–Kier alpha value is -1.01. The molecule has 1 aliphatic carbocycles. The van der Waals surface area contributed by atoms with Gasteiger partial charge in [-0.1, -0.05) is 12.1 Å². The van der Waals surface area contributed by atoms with Crippen LogP contribution in [-0.4, -0.2) is 21.1 Å². The molecule has 0 heterocycles. The lowest BCUT2D eigenvalue weighted by Gasteiger charge is -2.03. The monoisotopic (exact) mass is 244 g/mol. The van der Waals surface area contributed by atoms with Gasteiger partial charge < -0.3 is 22.9 Å². The Balaban J connectivity index is 0. The number of halogens is 1. The second kappa shape index (κ2) is 11.5. The summed E-state index contributed by atoms with van der Waals surface area (Å²) in [5.41, 5.74) is 21.1. The first-order valence-electron chi connectivity index (χ1n) is 5.55. The zero-order chi connectivity index (χ0) is 13.8. The molecular weight excluding hydrogens is 219 g/mol. The van der Waals surface area contributed by atoms with Crippen molar-refractivity contribution in [3.05, 3.63) is 35.1 Å². The fraction of sp³-hybridized carbons (Fsp3) is 0.500. The molecule has 4 nitrogen and oxygen atoms in total. The zero-order valence-corrected chi connectivity index (χ0v) is 10.9. The van der Waals surface area contributed by atoms with Crippen LogP contribution in [0.15, 0.2) is 18.2 Å². The van der Waals surface area contributed by atoms with E-state index in [0.717, 1.165) is 24.0 Å². The molecule has 0 spiro atoms. The van der Waals surface area contributed by atoms with Crippen LogP contribution in [0.25, 0.3) is 0 Å². The second-order valence-corrected chi connectivity index (χ2v) is 2.95. The van der Waals surface area contributed by atoms with Gasteiger partial charge in [-0.25, -0.2) is 4.39 Å². The Labute approximate surface area is 103 Å². The molecule has 17 heavy (non-hydrogen) atoms. The highest BCUT2D eigenvalue weighted by atomic mass is 19.1. The zero-order valence-electron chi connectivity index (χ0n) is 10.9. The third kappa shape index (κ3) is 5.23. The molecule has 0 fully saturated rings. The molecule has 2 rings (SSSR count). The molecule has 1 unspecified atom stereocenters. The van der Waals surface area contributed by atoms with Crippen LogP contribution < -0.4 is 22.9 Å². The average molecular weight is 244 g/mol. The van der Waals surface area contributed by atoms with E-state index in [2.05, 4.69) is 17.2 Å². The van der Waals surface area contributed by atoms with Crippen LogP contribution >= 0.6 is 0 Å². The van der Waals surface area contributed by atoms with Gasteiger partial charge in [0.15, 0.2) is 0 Å². The summed E-state index contributed by atoms with van der Waals surface area (Å²) in [5.74, 6) is -0.101. The lowest BCUT2D eigenvalue weighted by atomic mass is 10.1. The van der Waals surface area contributed by atoms with E-state index in [4.69, 9.17) is 5.73 Å². The normalized spacial score (nSPS) is 15.2. The number of nitrogens with two attached hydrogens (primary N) is 4. The second-order valence-electron chi connectivity index (χ2n) is 2.95. The van der Waals surface area contributed by atoms with E-state index in [0.29, 0.717) is 0 Å². The molecule has 1 aromatic rings. The van der Waals surface area contributed by atoms with E-state index in [1.807, 2.05) is 6.07 Å². The van der Waals surface area contributed by atoms with Crippen molar-refractivity contribution in [3.8, 4) is 0 Å². The predicted molar refractivity (Wildman–Crippen MR) is 72.0 cm³/mol. The van der Waals surface area contributed by atoms with E-state index in [9.17, 15) is 4.39 Å². The molecule has 1 atom stereocenters. The average Bonchev–Trinajstić information content (AvgIpc) is 2.80. The largest absolute Gasteiger partial charge is 0.333 e. The van der Waals surface area contributed by atoms with Crippen molar-refractivity contribution in [1.29, 1.82) is 0 Å². The molecule has 100 valence electrons. The van der Waals surface area contributed by atoms with E-state index < -0.39 is 0 Å². The Bertz CT molecular complexity index is 292. The Kier molecular flexibility index (Phi) is 12.4. The quantitative estimate of drug-likeness (QED) is 0.533. The van der Waals surface area contributed by atoms with Gasteiger partial charge in [-0.3, -0.25) is 0 Å². The molecule has 0 saturated heterocycles. The van der Waals surface area contributed by atoms with Crippen molar-refractivity contribution in [2.45, 2.75) is 18.9 Å². The van der Waals surface area contributed by atoms with Crippen LogP contribution in [0.1, 0.15) is 23.6 Å².